The molecule has 0 radical (unpaired) electrons. The summed E-state index contributed by atoms with van der Waals surface area (Å²) in [5.74, 6) is -1.77. The lowest BCUT2D eigenvalue weighted by molar-refractivity contribution is -0.145. The van der Waals surface area contributed by atoms with E-state index < -0.39 is 24.0 Å². The van der Waals surface area contributed by atoms with E-state index in [0.717, 1.165) is 54.3 Å². The molecular weight excluding hydrogens is 526 g/mol. The van der Waals surface area contributed by atoms with E-state index in [9.17, 15) is 19.2 Å². The number of amides is 3. The van der Waals surface area contributed by atoms with Crippen LogP contribution in [0.3, 0.4) is 0 Å². The van der Waals surface area contributed by atoms with E-state index in [2.05, 4.69) is 34.6 Å². The van der Waals surface area contributed by atoms with Crippen LogP contribution in [0.1, 0.15) is 62.6 Å². The molecule has 1 aromatic carbocycles. The molecule has 8 N–H and O–H groups in total. The fourth-order valence-electron chi connectivity index (χ4n) is 5.75. The predicted octanol–water partition coefficient (Wildman–Crippen LogP) is 1.26. The number of hydrogen-bond donors (Lipinski definition) is 6. The number of aryl methyl sites for hydroxylation is 2. The van der Waals surface area contributed by atoms with Gasteiger partial charge in [-0.3, -0.25) is 24.6 Å². The Balaban J connectivity index is 1.28. The highest BCUT2D eigenvalue weighted by atomic mass is 16.4. The number of H-pyrrole nitrogens is 1. The van der Waals surface area contributed by atoms with Gasteiger partial charge in [-0.15, -0.1) is 0 Å². The second kappa shape index (κ2) is 13.6. The highest BCUT2D eigenvalue weighted by Gasteiger charge is 2.34. The Hall–Kier alpha value is -3.93. The van der Waals surface area contributed by atoms with Crippen molar-refractivity contribution in [2.45, 2.75) is 82.3 Å². The third-order valence-corrected chi connectivity index (χ3v) is 8.06. The van der Waals surface area contributed by atoms with Crippen LogP contribution < -0.4 is 16.8 Å². The molecule has 222 valence electrons. The molecule has 0 bridgehead atoms. The first kappa shape index (κ1) is 30.0. The summed E-state index contributed by atoms with van der Waals surface area (Å²) in [7, 11) is 0. The molecule has 4 rings (SSSR count). The first-order valence-corrected chi connectivity index (χ1v) is 14.4. The lowest BCUT2D eigenvalue weighted by atomic mass is 10.0. The molecule has 12 nitrogen and oxygen atoms in total. The van der Waals surface area contributed by atoms with Crippen molar-refractivity contribution in [2.24, 2.45) is 11.5 Å². The summed E-state index contributed by atoms with van der Waals surface area (Å²) in [6.45, 7) is 1.12. The number of aromatic nitrogens is 1. The van der Waals surface area contributed by atoms with Gasteiger partial charge in [0, 0.05) is 43.2 Å². The third kappa shape index (κ3) is 8.06. The molecule has 2 fully saturated rings. The number of carbonyl (C=O) groups excluding carboxylic acids is 3. The molecule has 3 atom stereocenters. The number of hydrogen-bond acceptors (Lipinski definition) is 6. The second-order valence-corrected chi connectivity index (χ2v) is 11.2. The zero-order chi connectivity index (χ0) is 29.5. The molecule has 3 heterocycles. The van der Waals surface area contributed by atoms with Crippen molar-refractivity contribution in [2.75, 3.05) is 19.6 Å². The van der Waals surface area contributed by atoms with Crippen LogP contribution in [0.15, 0.2) is 24.3 Å². The van der Waals surface area contributed by atoms with E-state index in [1.807, 2.05) is 4.90 Å². The number of aliphatic carboxylic acids is 1. The van der Waals surface area contributed by atoms with Crippen LogP contribution in [0.5, 0.6) is 0 Å². The average Bonchev–Trinajstić information content (AvgIpc) is 3.57. The first-order valence-electron chi connectivity index (χ1n) is 14.4. The van der Waals surface area contributed by atoms with Crippen LogP contribution in [0, 0.1) is 5.41 Å². The van der Waals surface area contributed by atoms with Crippen molar-refractivity contribution in [3.05, 3.63) is 35.5 Å². The van der Waals surface area contributed by atoms with Crippen LogP contribution in [0.4, 0.5) is 0 Å². The molecule has 41 heavy (non-hydrogen) atoms. The molecule has 0 spiro atoms. The van der Waals surface area contributed by atoms with Crippen LogP contribution in [0.2, 0.25) is 0 Å². The van der Waals surface area contributed by atoms with Gasteiger partial charge in [-0.25, -0.2) is 0 Å². The minimum absolute atomic E-state index is 0.0126. The van der Waals surface area contributed by atoms with Crippen molar-refractivity contribution >= 4 is 40.4 Å². The molecule has 2 aromatic rings. The van der Waals surface area contributed by atoms with Crippen molar-refractivity contribution in [1.82, 2.24) is 20.1 Å². The second-order valence-electron chi connectivity index (χ2n) is 11.2. The van der Waals surface area contributed by atoms with Gasteiger partial charge in [0.05, 0.1) is 12.4 Å². The Morgan fingerprint density at radius 2 is 1.90 bits per heavy atom. The Morgan fingerprint density at radius 1 is 1.12 bits per heavy atom. The van der Waals surface area contributed by atoms with E-state index in [0.29, 0.717) is 32.4 Å². The number of fused-ring (bicyclic) bond motifs is 1. The summed E-state index contributed by atoms with van der Waals surface area (Å²) in [6, 6.07) is 6.64. The molecule has 2 aliphatic rings. The van der Waals surface area contributed by atoms with Gasteiger partial charge in [0.1, 0.15) is 12.1 Å². The molecule has 3 amide bonds. The molecule has 1 aromatic heterocycles. The number of amidine groups is 1. The molecule has 12 heteroatoms. The number of carboxylic acids is 1. The summed E-state index contributed by atoms with van der Waals surface area (Å²) in [6.07, 6.45) is 5.78. The van der Waals surface area contributed by atoms with E-state index >= 15 is 0 Å². The molecule has 2 aliphatic heterocycles. The normalized spacial score (nSPS) is 19.9. The predicted molar refractivity (Wildman–Crippen MR) is 154 cm³/mol. The zero-order valence-electron chi connectivity index (χ0n) is 23.4. The van der Waals surface area contributed by atoms with Gasteiger partial charge in [0.15, 0.2) is 0 Å². The van der Waals surface area contributed by atoms with Crippen LogP contribution >= 0.6 is 0 Å². The Morgan fingerprint density at radius 3 is 2.66 bits per heavy atom. The summed E-state index contributed by atoms with van der Waals surface area (Å²) >= 11 is 0. The monoisotopic (exact) mass is 567 g/mol. The third-order valence-electron chi connectivity index (χ3n) is 8.06. The van der Waals surface area contributed by atoms with Crippen LogP contribution in [-0.2, 0) is 32.0 Å². The minimum atomic E-state index is -1.17. The highest BCUT2D eigenvalue weighted by Crippen LogP contribution is 2.25. The van der Waals surface area contributed by atoms with Crippen LogP contribution in [-0.4, -0.2) is 87.2 Å². The average molecular weight is 568 g/mol. The topological polar surface area (TPSA) is 199 Å². The summed E-state index contributed by atoms with van der Waals surface area (Å²) in [5, 5.41) is 20.1. The largest absolute Gasteiger partial charge is 0.480 e. The maximum Gasteiger partial charge on any atom is 0.320 e. The number of piperidine rings is 1. The smallest absolute Gasteiger partial charge is 0.320 e. The highest BCUT2D eigenvalue weighted by molar-refractivity contribution is 5.91. The number of nitrogens with two attached hydrogens (primary N) is 2. The molecular formula is C29H41N7O5. The van der Waals surface area contributed by atoms with Crippen molar-refractivity contribution in [3.63, 3.8) is 0 Å². The molecule has 1 unspecified atom stereocenters. The van der Waals surface area contributed by atoms with Gasteiger partial charge in [0.25, 0.3) is 0 Å². The maximum absolute atomic E-state index is 13.3. The number of nitrogens with zero attached hydrogens (tertiary/aromatic N) is 2. The summed E-state index contributed by atoms with van der Waals surface area (Å²) < 4.78 is 0. The number of carbonyl (C=O) groups is 4. The van der Waals surface area contributed by atoms with Crippen molar-refractivity contribution < 1.29 is 24.3 Å². The van der Waals surface area contributed by atoms with Gasteiger partial charge in [-0.2, -0.15) is 0 Å². The van der Waals surface area contributed by atoms with Gasteiger partial charge in [-0.1, -0.05) is 12.1 Å². The van der Waals surface area contributed by atoms with E-state index in [1.54, 1.807) is 0 Å². The molecule has 0 saturated carbocycles. The number of aromatic amines is 1. The molecule has 2 saturated heterocycles. The Kier molecular flexibility index (Phi) is 9.98. The summed E-state index contributed by atoms with van der Waals surface area (Å²) in [5.41, 5.74) is 14.2. The lowest BCUT2D eigenvalue weighted by Crippen LogP contribution is -2.55. The number of benzene rings is 1. The Labute approximate surface area is 239 Å². The number of likely N-dealkylation sites (tertiary alicyclic amines) is 2. The maximum atomic E-state index is 13.3. The fourth-order valence-corrected chi connectivity index (χ4v) is 5.75. The van der Waals surface area contributed by atoms with E-state index in [1.165, 1.54) is 4.90 Å². The van der Waals surface area contributed by atoms with Gasteiger partial charge < -0.3 is 36.7 Å². The number of rotatable bonds is 13. The SMILES string of the molecule is N=C(N)CCc1ccc2cc(CC[C@@H]3CCCN3C(=O)CN3CCCC(NC(=O)CC[C@@H](N)C(=O)O)C3=O)[nH]c2c1. The Bertz CT molecular complexity index is 1290. The minimum Gasteiger partial charge on any atom is -0.480 e. The number of carboxylic acid groups (broad SMARTS) is 1. The summed E-state index contributed by atoms with van der Waals surface area (Å²) in [4.78, 5) is 56.4. The van der Waals surface area contributed by atoms with Crippen molar-refractivity contribution in [3.8, 4) is 0 Å². The van der Waals surface area contributed by atoms with Gasteiger partial charge >= 0.3 is 5.97 Å². The van der Waals surface area contributed by atoms with Crippen molar-refractivity contribution in [1.29, 1.82) is 5.41 Å². The van der Waals surface area contributed by atoms with E-state index in [-0.39, 0.29) is 43.1 Å². The quantitative estimate of drug-likeness (QED) is 0.155. The molecule has 0 aliphatic carbocycles. The lowest BCUT2D eigenvalue weighted by Gasteiger charge is -2.34. The van der Waals surface area contributed by atoms with Gasteiger partial charge in [0.2, 0.25) is 17.7 Å². The standard InChI is InChI=1S/C29H41N7O5/c30-22(29(40)41)10-12-26(37)34-23-4-2-13-35(28(23)39)17-27(38)36-14-1-3-21(36)9-8-20-16-19-7-5-18(6-11-25(31)32)15-24(19)33-20/h5,7,15-16,21-23,33H,1-4,6,8-14,17,30H2,(H3,31,32)(H,34,37)(H,40,41)/t21-,22+,23?/m0/s1. The van der Waals surface area contributed by atoms with Crippen LogP contribution in [0.25, 0.3) is 10.9 Å². The fraction of sp³-hybridized carbons (Fsp3) is 0.552. The first-order chi connectivity index (χ1) is 19.6. The zero-order valence-corrected chi connectivity index (χ0v) is 23.4. The van der Waals surface area contributed by atoms with E-state index in [4.69, 9.17) is 22.0 Å². The van der Waals surface area contributed by atoms with Gasteiger partial charge in [-0.05, 0) is 74.4 Å². The number of nitrogens with one attached hydrogen (secondary N) is 3.